The molecule has 1 aromatic rings. The number of hydrogen-bond donors (Lipinski definition) is 0. The third-order valence-corrected chi connectivity index (χ3v) is 3.51. The highest BCUT2D eigenvalue weighted by Crippen LogP contribution is 2.34. The molecule has 1 aliphatic heterocycles. The van der Waals surface area contributed by atoms with E-state index < -0.39 is 0 Å². The Kier molecular flexibility index (Phi) is 2.94. The first-order chi connectivity index (χ1) is 7.25. The van der Waals surface area contributed by atoms with Gasteiger partial charge in [0.25, 0.3) is 0 Å². The molecule has 0 aliphatic carbocycles. The summed E-state index contributed by atoms with van der Waals surface area (Å²) in [6.45, 7) is 4.36. The van der Waals surface area contributed by atoms with Crippen molar-refractivity contribution in [2.24, 2.45) is 5.92 Å². The summed E-state index contributed by atoms with van der Waals surface area (Å²) in [7, 11) is 0. The lowest BCUT2D eigenvalue weighted by Crippen LogP contribution is -2.13. The average Bonchev–Trinajstić information content (AvgIpc) is 2.77. The van der Waals surface area contributed by atoms with Gasteiger partial charge in [-0.05, 0) is 25.5 Å². The first-order valence-corrected chi connectivity index (χ1v) is 5.96. The summed E-state index contributed by atoms with van der Waals surface area (Å²) >= 11 is 0. The highest BCUT2D eigenvalue weighted by atomic mass is 16.1. The van der Waals surface area contributed by atoms with E-state index in [-0.39, 0.29) is 5.92 Å². The Balaban J connectivity index is 2.05. The lowest BCUT2D eigenvalue weighted by Gasteiger charge is -2.14. The molecule has 0 amide bonds. The fraction of sp³-hybridized carbons (Fsp3) is 0.615. The maximum absolute atomic E-state index is 12.0. The monoisotopic (exact) mass is 205 g/mol. The first-order valence-electron chi connectivity index (χ1n) is 5.96. The van der Waals surface area contributed by atoms with Crippen LogP contribution in [0.15, 0.2) is 18.3 Å². The van der Waals surface area contributed by atoms with E-state index in [1.165, 1.54) is 19.3 Å². The Morgan fingerprint density at radius 3 is 2.87 bits per heavy atom. The largest absolute Gasteiger partial charge is 0.342 e. The molecule has 0 bridgehead atoms. The van der Waals surface area contributed by atoms with Crippen LogP contribution in [-0.2, 0) is 0 Å². The Morgan fingerprint density at radius 2 is 2.20 bits per heavy atom. The zero-order valence-electron chi connectivity index (χ0n) is 9.57. The van der Waals surface area contributed by atoms with Crippen LogP contribution in [0.3, 0.4) is 0 Å². The number of rotatable bonds is 4. The van der Waals surface area contributed by atoms with Crippen molar-refractivity contribution in [1.82, 2.24) is 4.57 Å². The molecule has 1 aromatic heterocycles. The molecule has 2 atom stereocenters. The fourth-order valence-corrected chi connectivity index (χ4v) is 2.55. The van der Waals surface area contributed by atoms with E-state index >= 15 is 0 Å². The molecule has 0 saturated heterocycles. The van der Waals surface area contributed by atoms with Crippen molar-refractivity contribution in [2.75, 3.05) is 0 Å². The first kappa shape index (κ1) is 10.5. The van der Waals surface area contributed by atoms with Crippen molar-refractivity contribution in [2.45, 2.75) is 45.6 Å². The predicted molar refractivity (Wildman–Crippen MR) is 61.1 cm³/mol. The molecule has 0 spiro atoms. The van der Waals surface area contributed by atoms with Crippen LogP contribution in [-0.4, -0.2) is 10.4 Å². The van der Waals surface area contributed by atoms with Gasteiger partial charge in [-0.3, -0.25) is 4.79 Å². The van der Waals surface area contributed by atoms with Gasteiger partial charge < -0.3 is 4.57 Å². The Bertz CT molecular complexity index is 353. The van der Waals surface area contributed by atoms with Crippen molar-refractivity contribution in [3.05, 3.63) is 24.0 Å². The molecular weight excluding hydrogens is 186 g/mol. The van der Waals surface area contributed by atoms with Crippen molar-refractivity contribution in [3.63, 3.8) is 0 Å². The summed E-state index contributed by atoms with van der Waals surface area (Å²) in [5.74, 6) is 0.580. The lowest BCUT2D eigenvalue weighted by atomic mass is 9.92. The number of ketones is 1. The summed E-state index contributed by atoms with van der Waals surface area (Å²) in [6.07, 6.45) is 6.72. The number of Topliss-reactive ketones (excluding diaryl/α,β-unsaturated/α-hetero) is 1. The van der Waals surface area contributed by atoms with Gasteiger partial charge in [0.1, 0.15) is 0 Å². The van der Waals surface area contributed by atoms with Gasteiger partial charge in [0.2, 0.25) is 0 Å². The van der Waals surface area contributed by atoms with Crippen LogP contribution < -0.4 is 0 Å². The van der Waals surface area contributed by atoms with Gasteiger partial charge in [-0.2, -0.15) is 0 Å². The zero-order valence-corrected chi connectivity index (χ0v) is 9.57. The van der Waals surface area contributed by atoms with Crippen LogP contribution in [0.4, 0.5) is 0 Å². The van der Waals surface area contributed by atoms with Gasteiger partial charge >= 0.3 is 0 Å². The van der Waals surface area contributed by atoms with E-state index in [0.29, 0.717) is 11.8 Å². The summed E-state index contributed by atoms with van der Waals surface area (Å²) in [5, 5.41) is 0. The minimum Gasteiger partial charge on any atom is -0.342 e. The second-order valence-corrected chi connectivity index (χ2v) is 4.51. The number of carbonyl (C=O) groups excluding carboxylic acids is 1. The molecule has 15 heavy (non-hydrogen) atoms. The molecule has 0 fully saturated rings. The summed E-state index contributed by atoms with van der Waals surface area (Å²) in [4.78, 5) is 12.0. The normalized spacial score (nSPS) is 24.5. The second kappa shape index (κ2) is 4.21. The summed E-state index contributed by atoms with van der Waals surface area (Å²) in [5.41, 5.74) is 0.906. The predicted octanol–water partition coefficient (Wildman–Crippen LogP) is 3.44. The highest BCUT2D eigenvalue weighted by molar-refractivity contribution is 5.98. The Labute approximate surface area is 91.3 Å². The molecule has 0 saturated carbocycles. The van der Waals surface area contributed by atoms with Gasteiger partial charge in [0.15, 0.2) is 5.78 Å². The molecule has 0 radical (unpaired) electrons. The standard InChI is InChI=1S/C13H19NO/c1-3-4-5-7-11-10(2)14-9-6-8-12(14)13(11)15/h6,8-11H,3-5,7H2,1-2H3. The van der Waals surface area contributed by atoms with E-state index in [1.54, 1.807) is 0 Å². The van der Waals surface area contributed by atoms with Crippen LogP contribution in [0.1, 0.15) is 56.1 Å². The summed E-state index contributed by atoms with van der Waals surface area (Å²) in [6, 6.07) is 4.27. The van der Waals surface area contributed by atoms with E-state index in [2.05, 4.69) is 18.4 Å². The number of unbranched alkanes of at least 4 members (excludes halogenated alkanes) is 2. The van der Waals surface area contributed by atoms with Gasteiger partial charge in [-0.15, -0.1) is 0 Å². The maximum atomic E-state index is 12.0. The topological polar surface area (TPSA) is 22.0 Å². The van der Waals surface area contributed by atoms with Gasteiger partial charge in [-0.1, -0.05) is 26.2 Å². The van der Waals surface area contributed by atoms with E-state index in [4.69, 9.17) is 0 Å². The SMILES string of the molecule is CCCCCC1C(=O)c2cccn2C1C. The molecule has 2 heterocycles. The molecule has 2 heteroatoms. The van der Waals surface area contributed by atoms with Crippen LogP contribution in [0.2, 0.25) is 0 Å². The zero-order chi connectivity index (χ0) is 10.8. The fourth-order valence-electron chi connectivity index (χ4n) is 2.55. The van der Waals surface area contributed by atoms with Crippen LogP contribution in [0.25, 0.3) is 0 Å². The Morgan fingerprint density at radius 1 is 1.40 bits per heavy atom. The van der Waals surface area contributed by atoms with Crippen molar-refractivity contribution < 1.29 is 4.79 Å². The van der Waals surface area contributed by atoms with Gasteiger partial charge in [0, 0.05) is 18.2 Å². The molecule has 2 nitrogen and oxygen atoms in total. The summed E-state index contributed by atoms with van der Waals surface area (Å²) < 4.78 is 2.12. The lowest BCUT2D eigenvalue weighted by molar-refractivity contribution is 0.0915. The molecular formula is C13H19NO. The third kappa shape index (κ3) is 1.73. The highest BCUT2D eigenvalue weighted by Gasteiger charge is 2.35. The number of hydrogen-bond acceptors (Lipinski definition) is 1. The van der Waals surface area contributed by atoms with E-state index in [9.17, 15) is 4.79 Å². The van der Waals surface area contributed by atoms with Gasteiger partial charge in [-0.25, -0.2) is 0 Å². The minimum absolute atomic E-state index is 0.229. The van der Waals surface area contributed by atoms with Gasteiger partial charge in [0.05, 0.1) is 5.69 Å². The van der Waals surface area contributed by atoms with E-state index in [0.717, 1.165) is 12.1 Å². The second-order valence-electron chi connectivity index (χ2n) is 4.51. The number of fused-ring (bicyclic) bond motifs is 1. The molecule has 0 aromatic carbocycles. The van der Waals surface area contributed by atoms with Crippen molar-refractivity contribution in [1.29, 1.82) is 0 Å². The molecule has 1 aliphatic rings. The van der Waals surface area contributed by atoms with Crippen LogP contribution in [0, 0.1) is 5.92 Å². The Hall–Kier alpha value is -1.05. The molecule has 82 valence electrons. The molecule has 0 N–H and O–H groups in total. The van der Waals surface area contributed by atoms with Crippen molar-refractivity contribution >= 4 is 5.78 Å². The maximum Gasteiger partial charge on any atom is 0.184 e. The average molecular weight is 205 g/mol. The van der Waals surface area contributed by atoms with Crippen LogP contribution >= 0.6 is 0 Å². The third-order valence-electron chi connectivity index (χ3n) is 3.51. The van der Waals surface area contributed by atoms with E-state index in [1.807, 2.05) is 18.3 Å². The van der Waals surface area contributed by atoms with Crippen LogP contribution in [0.5, 0.6) is 0 Å². The number of nitrogens with zero attached hydrogens (tertiary/aromatic N) is 1. The minimum atomic E-state index is 0.229. The number of carbonyl (C=O) groups is 1. The molecule has 2 unspecified atom stereocenters. The quantitative estimate of drug-likeness (QED) is 0.690. The number of aromatic nitrogens is 1. The smallest absolute Gasteiger partial charge is 0.184 e. The van der Waals surface area contributed by atoms with Crippen molar-refractivity contribution in [3.8, 4) is 0 Å². The molecule has 2 rings (SSSR count).